The molecule has 1 atom stereocenters. The summed E-state index contributed by atoms with van der Waals surface area (Å²) in [6.45, 7) is 5.84. The Labute approximate surface area is 118 Å². The van der Waals surface area contributed by atoms with Crippen LogP contribution in [0.2, 0.25) is 0 Å². The van der Waals surface area contributed by atoms with E-state index < -0.39 is 0 Å². The molecule has 3 rings (SSSR count). The third kappa shape index (κ3) is 2.55. The number of aromatic nitrogens is 2. The molecule has 0 amide bonds. The molecule has 1 heterocycles. The van der Waals surface area contributed by atoms with Crippen molar-refractivity contribution in [3.63, 3.8) is 0 Å². The van der Waals surface area contributed by atoms with Gasteiger partial charge in [0.2, 0.25) is 5.95 Å². The monoisotopic (exact) mass is 273 g/mol. The Hall–Kier alpha value is -1.84. The Morgan fingerprint density at radius 2 is 2.10 bits per heavy atom. The zero-order valence-electron chi connectivity index (χ0n) is 12.2. The van der Waals surface area contributed by atoms with Crippen molar-refractivity contribution in [2.75, 3.05) is 5.32 Å². The number of imidazole rings is 1. The topological polar surface area (TPSA) is 29.9 Å². The highest BCUT2D eigenvalue weighted by atomic mass is 19.1. The zero-order valence-corrected chi connectivity index (χ0v) is 12.2. The second kappa shape index (κ2) is 4.93. The van der Waals surface area contributed by atoms with Crippen LogP contribution < -0.4 is 5.32 Å². The molecule has 1 aliphatic carbocycles. The highest BCUT2D eigenvalue weighted by Crippen LogP contribution is 2.28. The molecule has 1 fully saturated rings. The van der Waals surface area contributed by atoms with Crippen LogP contribution in [0.3, 0.4) is 0 Å². The summed E-state index contributed by atoms with van der Waals surface area (Å²) in [5, 5.41) is 3.44. The number of anilines is 1. The Bertz CT molecular complexity index is 629. The van der Waals surface area contributed by atoms with Crippen LogP contribution in [0.1, 0.15) is 42.6 Å². The van der Waals surface area contributed by atoms with E-state index in [1.165, 1.54) is 12.8 Å². The Morgan fingerprint density at radius 1 is 1.35 bits per heavy atom. The maximum absolute atomic E-state index is 13.7. The smallest absolute Gasteiger partial charge is 0.203 e. The number of benzene rings is 1. The minimum Gasteiger partial charge on any atom is -0.353 e. The summed E-state index contributed by atoms with van der Waals surface area (Å²) >= 11 is 0. The first-order valence-electron chi connectivity index (χ1n) is 7.12. The van der Waals surface area contributed by atoms with Crippen molar-refractivity contribution in [1.82, 2.24) is 9.55 Å². The summed E-state index contributed by atoms with van der Waals surface area (Å²) in [7, 11) is 0. The van der Waals surface area contributed by atoms with Gasteiger partial charge in [-0.1, -0.05) is 12.1 Å². The summed E-state index contributed by atoms with van der Waals surface area (Å²) in [4.78, 5) is 4.54. The first kappa shape index (κ1) is 13.2. The maximum atomic E-state index is 13.7. The molecule has 0 spiro atoms. The van der Waals surface area contributed by atoms with Crippen molar-refractivity contribution < 1.29 is 4.39 Å². The molecule has 0 saturated heterocycles. The predicted octanol–water partition coefficient (Wildman–Crippen LogP) is 3.82. The molecule has 1 N–H and O–H groups in total. The summed E-state index contributed by atoms with van der Waals surface area (Å²) in [5.41, 5.74) is 2.62. The molecule has 0 radical (unpaired) electrons. The van der Waals surface area contributed by atoms with E-state index in [0.717, 1.165) is 17.2 Å². The number of hydrogen-bond acceptors (Lipinski definition) is 2. The van der Waals surface area contributed by atoms with Crippen LogP contribution in [-0.4, -0.2) is 15.6 Å². The van der Waals surface area contributed by atoms with Crippen LogP contribution in [0.25, 0.3) is 0 Å². The highest BCUT2D eigenvalue weighted by Gasteiger charge is 2.24. The number of halogens is 1. The van der Waals surface area contributed by atoms with Crippen LogP contribution in [-0.2, 0) is 0 Å². The average Bonchev–Trinajstić information content (AvgIpc) is 3.14. The standard InChI is InChI=1S/C16H20FN3/c1-10-4-5-13(8-15(10)17)12(3)20-9-11(2)18-16(20)19-14-6-7-14/h4-5,8-9,12,14H,6-7H2,1-3H3,(H,18,19). The predicted molar refractivity (Wildman–Crippen MR) is 78.6 cm³/mol. The van der Waals surface area contributed by atoms with Crippen molar-refractivity contribution in [2.24, 2.45) is 0 Å². The largest absolute Gasteiger partial charge is 0.353 e. The van der Waals surface area contributed by atoms with Crippen molar-refractivity contribution >= 4 is 5.95 Å². The van der Waals surface area contributed by atoms with Crippen molar-refractivity contribution in [1.29, 1.82) is 0 Å². The van der Waals surface area contributed by atoms with Crippen molar-refractivity contribution in [3.05, 3.63) is 47.0 Å². The van der Waals surface area contributed by atoms with E-state index in [1.54, 1.807) is 13.0 Å². The number of hydrogen-bond donors (Lipinski definition) is 1. The summed E-state index contributed by atoms with van der Waals surface area (Å²) < 4.78 is 15.8. The van der Waals surface area contributed by atoms with E-state index in [2.05, 4.69) is 21.8 Å². The molecule has 0 bridgehead atoms. The van der Waals surface area contributed by atoms with E-state index >= 15 is 0 Å². The summed E-state index contributed by atoms with van der Waals surface area (Å²) in [6.07, 6.45) is 4.44. The molecule has 20 heavy (non-hydrogen) atoms. The first-order valence-corrected chi connectivity index (χ1v) is 7.12. The van der Waals surface area contributed by atoms with Gasteiger partial charge in [0.25, 0.3) is 0 Å². The Morgan fingerprint density at radius 3 is 2.75 bits per heavy atom. The van der Waals surface area contributed by atoms with E-state index in [9.17, 15) is 4.39 Å². The molecular weight excluding hydrogens is 253 g/mol. The van der Waals surface area contributed by atoms with Gasteiger partial charge in [-0.15, -0.1) is 0 Å². The summed E-state index contributed by atoms with van der Waals surface area (Å²) in [5.74, 6) is 0.737. The number of aryl methyl sites for hydroxylation is 2. The van der Waals surface area contributed by atoms with Gasteiger partial charge in [0.1, 0.15) is 5.82 Å². The minimum atomic E-state index is -0.150. The lowest BCUT2D eigenvalue weighted by Gasteiger charge is -2.18. The van der Waals surface area contributed by atoms with Gasteiger partial charge in [0.15, 0.2) is 0 Å². The van der Waals surface area contributed by atoms with Gasteiger partial charge in [-0.25, -0.2) is 9.37 Å². The van der Waals surface area contributed by atoms with Crippen LogP contribution in [0.5, 0.6) is 0 Å². The van der Waals surface area contributed by atoms with Crippen LogP contribution >= 0.6 is 0 Å². The lowest BCUT2D eigenvalue weighted by molar-refractivity contribution is 0.599. The van der Waals surface area contributed by atoms with Gasteiger partial charge < -0.3 is 9.88 Å². The van der Waals surface area contributed by atoms with Gasteiger partial charge in [-0.3, -0.25) is 0 Å². The molecule has 1 aliphatic rings. The van der Waals surface area contributed by atoms with Gasteiger partial charge in [-0.2, -0.15) is 0 Å². The van der Waals surface area contributed by atoms with Crippen LogP contribution in [0.4, 0.5) is 10.3 Å². The molecular formula is C16H20FN3. The van der Waals surface area contributed by atoms with E-state index in [0.29, 0.717) is 11.6 Å². The fraction of sp³-hybridized carbons (Fsp3) is 0.438. The van der Waals surface area contributed by atoms with Gasteiger partial charge in [0, 0.05) is 12.2 Å². The molecule has 2 aromatic rings. The third-order valence-corrected chi connectivity index (χ3v) is 3.86. The fourth-order valence-corrected chi connectivity index (χ4v) is 2.36. The fourth-order valence-electron chi connectivity index (χ4n) is 2.36. The lowest BCUT2D eigenvalue weighted by Crippen LogP contribution is -2.13. The second-order valence-corrected chi connectivity index (χ2v) is 5.72. The molecule has 4 heteroatoms. The normalized spacial score (nSPS) is 16.2. The minimum absolute atomic E-state index is 0.0625. The molecule has 3 nitrogen and oxygen atoms in total. The van der Waals surface area contributed by atoms with Crippen LogP contribution in [0, 0.1) is 19.7 Å². The number of nitrogens with one attached hydrogen (secondary N) is 1. The molecule has 106 valence electrons. The molecule has 1 unspecified atom stereocenters. The quantitative estimate of drug-likeness (QED) is 0.917. The zero-order chi connectivity index (χ0) is 14.3. The van der Waals surface area contributed by atoms with Crippen LogP contribution in [0.15, 0.2) is 24.4 Å². The molecule has 1 aromatic heterocycles. The average molecular weight is 273 g/mol. The SMILES string of the molecule is Cc1cn(C(C)c2ccc(C)c(F)c2)c(NC2CC2)n1. The summed E-state index contributed by atoms with van der Waals surface area (Å²) in [6, 6.07) is 6.05. The van der Waals surface area contributed by atoms with Gasteiger partial charge in [0.05, 0.1) is 11.7 Å². The van der Waals surface area contributed by atoms with Gasteiger partial charge in [-0.05, 0) is 50.8 Å². The number of nitrogens with zero attached hydrogens (tertiary/aromatic N) is 2. The first-order chi connectivity index (χ1) is 9.54. The van der Waals surface area contributed by atoms with E-state index in [1.807, 2.05) is 25.3 Å². The second-order valence-electron chi connectivity index (χ2n) is 5.72. The number of rotatable bonds is 4. The lowest BCUT2D eigenvalue weighted by atomic mass is 10.1. The molecule has 0 aliphatic heterocycles. The van der Waals surface area contributed by atoms with E-state index in [-0.39, 0.29) is 11.9 Å². The van der Waals surface area contributed by atoms with Gasteiger partial charge >= 0.3 is 0 Å². The Kier molecular flexibility index (Phi) is 3.24. The van der Waals surface area contributed by atoms with Crippen molar-refractivity contribution in [2.45, 2.75) is 45.7 Å². The molecule has 1 saturated carbocycles. The maximum Gasteiger partial charge on any atom is 0.203 e. The highest BCUT2D eigenvalue weighted by molar-refractivity contribution is 5.36. The molecule has 1 aromatic carbocycles. The van der Waals surface area contributed by atoms with Crippen molar-refractivity contribution in [3.8, 4) is 0 Å². The van der Waals surface area contributed by atoms with E-state index in [4.69, 9.17) is 0 Å². The Balaban J connectivity index is 1.92. The third-order valence-electron chi connectivity index (χ3n) is 3.86.